The topological polar surface area (TPSA) is 67.1 Å². The molecule has 0 amide bonds. The Morgan fingerprint density at radius 1 is 1.04 bits per heavy atom. The average molecular weight is 327 g/mol. The van der Waals surface area contributed by atoms with Gasteiger partial charge in [0.2, 0.25) is 5.95 Å². The van der Waals surface area contributed by atoms with Gasteiger partial charge in [-0.15, -0.1) is 0 Å². The molecule has 0 unspecified atom stereocenters. The second-order valence-corrected chi connectivity index (χ2v) is 5.38. The predicted octanol–water partition coefficient (Wildman–Crippen LogP) is 1.86. The first kappa shape index (κ1) is 16.1. The van der Waals surface area contributed by atoms with E-state index in [9.17, 15) is 9.50 Å². The van der Waals surface area contributed by atoms with E-state index in [1.165, 1.54) is 5.56 Å². The molecule has 2 heterocycles. The highest BCUT2D eigenvalue weighted by molar-refractivity contribution is 5.30. The van der Waals surface area contributed by atoms with Crippen molar-refractivity contribution in [3.05, 3.63) is 72.1 Å². The minimum Gasteiger partial charge on any atom is -0.395 e. The van der Waals surface area contributed by atoms with Crippen LogP contribution in [0.2, 0.25) is 0 Å². The highest BCUT2D eigenvalue weighted by atomic mass is 19.1. The lowest BCUT2D eigenvalue weighted by Crippen LogP contribution is -2.27. The van der Waals surface area contributed by atoms with E-state index in [4.69, 9.17) is 0 Å². The highest BCUT2D eigenvalue weighted by Crippen LogP contribution is 2.12. The van der Waals surface area contributed by atoms with Gasteiger partial charge in [0.1, 0.15) is 0 Å². The maximum atomic E-state index is 13.0. The Labute approximate surface area is 139 Å². The number of halogens is 1. The van der Waals surface area contributed by atoms with Crippen LogP contribution in [0.1, 0.15) is 11.1 Å². The fourth-order valence-corrected chi connectivity index (χ4v) is 2.40. The molecule has 1 N–H and O–H groups in total. The van der Waals surface area contributed by atoms with Gasteiger partial charge < -0.3 is 10.0 Å². The van der Waals surface area contributed by atoms with Crippen LogP contribution in [-0.4, -0.2) is 38.0 Å². The molecule has 0 bridgehead atoms. The fourth-order valence-electron chi connectivity index (χ4n) is 2.40. The Kier molecular flexibility index (Phi) is 5.12. The molecule has 0 radical (unpaired) electrons. The van der Waals surface area contributed by atoms with Gasteiger partial charge in [0.05, 0.1) is 31.7 Å². The number of rotatable bonds is 7. The van der Waals surface area contributed by atoms with E-state index in [2.05, 4.69) is 15.1 Å². The first-order valence-corrected chi connectivity index (χ1v) is 7.63. The summed E-state index contributed by atoms with van der Waals surface area (Å²) in [5, 5.41) is 13.6. The molecule has 3 aromatic rings. The molecule has 0 saturated carbocycles. The molecule has 3 rings (SSSR count). The maximum Gasteiger partial charge on any atom is 0.225 e. The van der Waals surface area contributed by atoms with E-state index in [1.807, 2.05) is 41.2 Å². The minimum absolute atomic E-state index is 0.0428. The van der Waals surface area contributed by atoms with E-state index in [-0.39, 0.29) is 6.61 Å². The smallest absolute Gasteiger partial charge is 0.225 e. The maximum absolute atomic E-state index is 13.0. The van der Waals surface area contributed by atoms with Crippen LogP contribution in [0.4, 0.5) is 10.3 Å². The van der Waals surface area contributed by atoms with Crippen molar-refractivity contribution in [1.82, 2.24) is 19.7 Å². The molecule has 7 heteroatoms. The summed E-state index contributed by atoms with van der Waals surface area (Å²) in [6.45, 7) is 1.49. The monoisotopic (exact) mass is 327 g/mol. The molecule has 124 valence electrons. The van der Waals surface area contributed by atoms with Crippen molar-refractivity contribution < 1.29 is 9.50 Å². The molecule has 24 heavy (non-hydrogen) atoms. The minimum atomic E-state index is -0.488. The summed E-state index contributed by atoms with van der Waals surface area (Å²) in [4.78, 5) is 9.72. The van der Waals surface area contributed by atoms with Gasteiger partial charge in [0, 0.05) is 24.8 Å². The summed E-state index contributed by atoms with van der Waals surface area (Å²) in [6.07, 6.45) is 5.95. The summed E-state index contributed by atoms with van der Waals surface area (Å²) in [6, 6.07) is 10.1. The van der Waals surface area contributed by atoms with Gasteiger partial charge in [-0.1, -0.05) is 30.3 Å². The lowest BCUT2D eigenvalue weighted by molar-refractivity contribution is 0.300. The van der Waals surface area contributed by atoms with Gasteiger partial charge in [-0.2, -0.15) is 5.10 Å². The van der Waals surface area contributed by atoms with Crippen molar-refractivity contribution in [1.29, 1.82) is 0 Å². The number of benzene rings is 1. The molecule has 0 saturated heterocycles. The lowest BCUT2D eigenvalue weighted by atomic mass is 10.2. The second-order valence-electron chi connectivity index (χ2n) is 5.38. The number of hydrogen-bond acceptors (Lipinski definition) is 5. The lowest BCUT2D eigenvalue weighted by Gasteiger charge is -2.20. The second kappa shape index (κ2) is 7.65. The Hall–Kier alpha value is -2.80. The number of nitrogens with zero attached hydrogens (tertiary/aromatic N) is 5. The Bertz CT molecular complexity index is 760. The van der Waals surface area contributed by atoms with Crippen LogP contribution in [0.15, 0.2) is 55.1 Å². The average Bonchev–Trinajstić information content (AvgIpc) is 3.03. The molecule has 0 aliphatic rings. The first-order chi connectivity index (χ1) is 11.7. The molecular formula is C17H18FN5O. The normalized spacial score (nSPS) is 10.8. The molecule has 1 aromatic carbocycles. The van der Waals surface area contributed by atoms with Crippen molar-refractivity contribution in [3.63, 3.8) is 0 Å². The first-order valence-electron chi connectivity index (χ1n) is 7.63. The molecule has 0 fully saturated rings. The quantitative estimate of drug-likeness (QED) is 0.717. The van der Waals surface area contributed by atoms with E-state index >= 15 is 0 Å². The Balaban J connectivity index is 1.70. The summed E-state index contributed by atoms with van der Waals surface area (Å²) >= 11 is 0. The van der Waals surface area contributed by atoms with Gasteiger partial charge in [0.15, 0.2) is 5.82 Å². The molecule has 0 aliphatic carbocycles. The van der Waals surface area contributed by atoms with E-state index in [0.29, 0.717) is 25.6 Å². The number of aliphatic hydroxyl groups excluding tert-OH is 1. The standard InChI is InChI=1S/C17H18FN5O/c18-16-9-19-17(20-10-16)22(6-7-24)11-15-8-21-23(13-15)12-14-4-2-1-3-5-14/h1-5,8-10,13,24H,6-7,11-12H2. The summed E-state index contributed by atoms with van der Waals surface area (Å²) < 4.78 is 14.8. The van der Waals surface area contributed by atoms with Crippen LogP contribution in [-0.2, 0) is 13.1 Å². The predicted molar refractivity (Wildman–Crippen MR) is 87.9 cm³/mol. The number of anilines is 1. The van der Waals surface area contributed by atoms with Crippen LogP contribution in [0.5, 0.6) is 0 Å². The zero-order chi connectivity index (χ0) is 16.8. The van der Waals surface area contributed by atoms with Crippen molar-refractivity contribution in [2.45, 2.75) is 13.1 Å². The largest absolute Gasteiger partial charge is 0.395 e. The van der Waals surface area contributed by atoms with Crippen molar-refractivity contribution in [2.24, 2.45) is 0 Å². The van der Waals surface area contributed by atoms with Gasteiger partial charge in [0.25, 0.3) is 0 Å². The SMILES string of the molecule is OCCN(Cc1cnn(Cc2ccccc2)c1)c1ncc(F)cn1. The van der Waals surface area contributed by atoms with Crippen molar-refractivity contribution in [2.75, 3.05) is 18.1 Å². The van der Waals surface area contributed by atoms with Crippen LogP contribution in [0.25, 0.3) is 0 Å². The third-order valence-electron chi connectivity index (χ3n) is 3.51. The molecule has 0 aliphatic heterocycles. The summed E-state index contributed by atoms with van der Waals surface area (Å²) in [7, 11) is 0. The zero-order valence-electron chi connectivity index (χ0n) is 13.1. The number of hydrogen-bond donors (Lipinski definition) is 1. The molecule has 2 aromatic heterocycles. The van der Waals surface area contributed by atoms with Gasteiger partial charge >= 0.3 is 0 Å². The highest BCUT2D eigenvalue weighted by Gasteiger charge is 2.11. The van der Waals surface area contributed by atoms with E-state index in [0.717, 1.165) is 18.0 Å². The Morgan fingerprint density at radius 2 is 1.79 bits per heavy atom. The zero-order valence-corrected chi connectivity index (χ0v) is 13.1. The third kappa shape index (κ3) is 4.14. The van der Waals surface area contributed by atoms with Crippen LogP contribution >= 0.6 is 0 Å². The molecule has 0 spiro atoms. The fraction of sp³-hybridized carbons (Fsp3) is 0.235. The van der Waals surface area contributed by atoms with Gasteiger partial charge in [-0.3, -0.25) is 4.68 Å². The van der Waals surface area contributed by atoms with E-state index in [1.54, 1.807) is 11.1 Å². The van der Waals surface area contributed by atoms with Gasteiger partial charge in [-0.25, -0.2) is 14.4 Å². The summed E-state index contributed by atoms with van der Waals surface area (Å²) in [5.41, 5.74) is 2.13. The summed E-state index contributed by atoms with van der Waals surface area (Å²) in [5.74, 6) is -0.111. The molecule has 0 atom stereocenters. The number of aliphatic hydroxyl groups is 1. The van der Waals surface area contributed by atoms with Crippen LogP contribution in [0, 0.1) is 5.82 Å². The van der Waals surface area contributed by atoms with Crippen LogP contribution < -0.4 is 4.90 Å². The van der Waals surface area contributed by atoms with E-state index < -0.39 is 5.82 Å². The molecular weight excluding hydrogens is 309 g/mol. The van der Waals surface area contributed by atoms with Crippen LogP contribution in [0.3, 0.4) is 0 Å². The third-order valence-corrected chi connectivity index (χ3v) is 3.51. The van der Waals surface area contributed by atoms with Crippen molar-refractivity contribution in [3.8, 4) is 0 Å². The van der Waals surface area contributed by atoms with Crippen molar-refractivity contribution >= 4 is 5.95 Å². The molecule has 6 nitrogen and oxygen atoms in total. The Morgan fingerprint density at radius 3 is 2.50 bits per heavy atom. The number of aromatic nitrogens is 4. The van der Waals surface area contributed by atoms with Gasteiger partial charge in [-0.05, 0) is 5.56 Å².